The lowest BCUT2D eigenvalue weighted by atomic mass is 10.0. The summed E-state index contributed by atoms with van der Waals surface area (Å²) in [7, 11) is 1.79. The summed E-state index contributed by atoms with van der Waals surface area (Å²) < 4.78 is 0. The highest BCUT2D eigenvalue weighted by Gasteiger charge is 2.01. The predicted octanol–water partition coefficient (Wildman–Crippen LogP) is 4.12. The second kappa shape index (κ2) is 11.8. The van der Waals surface area contributed by atoms with Crippen LogP contribution < -0.4 is 10.6 Å². The van der Waals surface area contributed by atoms with Gasteiger partial charge in [-0.05, 0) is 42.0 Å². The van der Waals surface area contributed by atoms with Crippen molar-refractivity contribution in [1.82, 2.24) is 15.6 Å². The molecule has 2 rings (SSSR count). The summed E-state index contributed by atoms with van der Waals surface area (Å²) in [6, 6.07) is 14.9. The molecular weight excluding hydrogens is 423 g/mol. The standard InChI is InChI=1S/C20H28N4.HI/c1-16(2)18-11-9-17(10-12-18)7-6-14-23-20(21-3)24-15-19-8-4-5-13-22-19;/h4-5,8-13,16H,6-7,14-15H2,1-3H3,(H2,21,23,24);1H. The van der Waals surface area contributed by atoms with E-state index in [9.17, 15) is 0 Å². The molecule has 4 nitrogen and oxygen atoms in total. The molecule has 136 valence electrons. The van der Waals surface area contributed by atoms with E-state index in [1.807, 2.05) is 18.2 Å². The van der Waals surface area contributed by atoms with Crippen LogP contribution >= 0.6 is 24.0 Å². The third-order valence-corrected chi connectivity index (χ3v) is 3.97. The third-order valence-electron chi connectivity index (χ3n) is 3.97. The molecule has 0 unspecified atom stereocenters. The Kier molecular flexibility index (Phi) is 10.1. The number of nitrogens with one attached hydrogen (secondary N) is 2. The summed E-state index contributed by atoms with van der Waals surface area (Å²) in [5, 5.41) is 6.63. The van der Waals surface area contributed by atoms with Crippen LogP contribution in [-0.4, -0.2) is 24.5 Å². The van der Waals surface area contributed by atoms with Gasteiger partial charge in [-0.3, -0.25) is 9.98 Å². The fourth-order valence-electron chi connectivity index (χ4n) is 2.47. The zero-order valence-corrected chi connectivity index (χ0v) is 17.7. The van der Waals surface area contributed by atoms with Gasteiger partial charge in [0, 0.05) is 19.8 Å². The van der Waals surface area contributed by atoms with E-state index >= 15 is 0 Å². The molecule has 0 aliphatic rings. The van der Waals surface area contributed by atoms with Crippen molar-refractivity contribution in [3.8, 4) is 0 Å². The molecule has 1 aromatic carbocycles. The Labute approximate surface area is 168 Å². The van der Waals surface area contributed by atoms with Crippen LogP contribution in [0.4, 0.5) is 0 Å². The van der Waals surface area contributed by atoms with Crippen LogP contribution in [0.15, 0.2) is 53.7 Å². The third kappa shape index (κ3) is 7.86. The maximum Gasteiger partial charge on any atom is 0.191 e. The molecule has 0 spiro atoms. The first-order chi connectivity index (χ1) is 11.7. The minimum atomic E-state index is 0. The van der Waals surface area contributed by atoms with Crippen LogP contribution in [0.3, 0.4) is 0 Å². The highest BCUT2D eigenvalue weighted by Crippen LogP contribution is 2.15. The summed E-state index contributed by atoms with van der Waals surface area (Å²) in [5.41, 5.74) is 3.79. The Hall–Kier alpha value is -1.63. The van der Waals surface area contributed by atoms with Crippen LogP contribution in [0.1, 0.15) is 43.0 Å². The molecule has 0 aliphatic heterocycles. The Bertz CT molecular complexity index is 624. The molecule has 1 aromatic heterocycles. The predicted molar refractivity (Wildman–Crippen MR) is 117 cm³/mol. The van der Waals surface area contributed by atoms with Gasteiger partial charge in [0.25, 0.3) is 0 Å². The molecule has 0 atom stereocenters. The first-order valence-electron chi connectivity index (χ1n) is 8.62. The average molecular weight is 452 g/mol. The zero-order valence-electron chi connectivity index (χ0n) is 15.3. The first kappa shape index (κ1) is 21.4. The van der Waals surface area contributed by atoms with Crippen molar-refractivity contribution in [3.63, 3.8) is 0 Å². The number of pyridine rings is 1. The van der Waals surface area contributed by atoms with Gasteiger partial charge in [-0.15, -0.1) is 24.0 Å². The fraction of sp³-hybridized carbons (Fsp3) is 0.400. The normalized spacial score (nSPS) is 11.1. The summed E-state index contributed by atoms with van der Waals surface area (Å²) in [6.07, 6.45) is 3.95. The smallest absolute Gasteiger partial charge is 0.191 e. The lowest BCUT2D eigenvalue weighted by molar-refractivity contribution is 0.737. The summed E-state index contributed by atoms with van der Waals surface area (Å²) >= 11 is 0. The molecule has 1 heterocycles. The molecule has 2 N–H and O–H groups in total. The highest BCUT2D eigenvalue weighted by molar-refractivity contribution is 14.0. The number of hydrogen-bond donors (Lipinski definition) is 2. The molecule has 2 aromatic rings. The molecule has 0 fully saturated rings. The van der Waals surface area contributed by atoms with Crippen molar-refractivity contribution in [1.29, 1.82) is 0 Å². The molecule has 0 aliphatic carbocycles. The molecular formula is C20H29IN4. The van der Waals surface area contributed by atoms with Gasteiger partial charge in [0.05, 0.1) is 12.2 Å². The minimum absolute atomic E-state index is 0. The molecule has 0 radical (unpaired) electrons. The van der Waals surface area contributed by atoms with Gasteiger partial charge in [0.15, 0.2) is 5.96 Å². The van der Waals surface area contributed by atoms with Gasteiger partial charge >= 0.3 is 0 Å². The van der Waals surface area contributed by atoms with Gasteiger partial charge in [-0.2, -0.15) is 0 Å². The van der Waals surface area contributed by atoms with Crippen molar-refractivity contribution in [2.75, 3.05) is 13.6 Å². The Balaban J connectivity index is 0.00000312. The maximum absolute atomic E-state index is 4.30. The number of guanidine groups is 1. The van der Waals surface area contributed by atoms with E-state index in [-0.39, 0.29) is 24.0 Å². The SMILES string of the molecule is CN=C(NCCCc1ccc(C(C)C)cc1)NCc1ccccn1.I. The van der Waals surface area contributed by atoms with E-state index < -0.39 is 0 Å². The maximum atomic E-state index is 4.30. The van der Waals surface area contributed by atoms with E-state index in [1.54, 1.807) is 13.2 Å². The van der Waals surface area contributed by atoms with Crippen LogP contribution in [0.2, 0.25) is 0 Å². The van der Waals surface area contributed by atoms with E-state index in [1.165, 1.54) is 11.1 Å². The van der Waals surface area contributed by atoms with E-state index in [4.69, 9.17) is 0 Å². The molecule has 5 heteroatoms. The van der Waals surface area contributed by atoms with Gasteiger partial charge in [0.2, 0.25) is 0 Å². The number of benzene rings is 1. The number of nitrogens with zero attached hydrogens (tertiary/aromatic N) is 2. The van der Waals surface area contributed by atoms with Crippen LogP contribution in [0, 0.1) is 0 Å². The largest absolute Gasteiger partial charge is 0.356 e. The van der Waals surface area contributed by atoms with E-state index in [2.05, 4.69) is 58.7 Å². The molecule has 0 saturated heterocycles. The van der Waals surface area contributed by atoms with Gasteiger partial charge < -0.3 is 10.6 Å². The van der Waals surface area contributed by atoms with E-state index in [0.29, 0.717) is 12.5 Å². The van der Waals surface area contributed by atoms with Crippen molar-refractivity contribution in [3.05, 3.63) is 65.5 Å². The Morgan fingerprint density at radius 3 is 2.44 bits per heavy atom. The number of aromatic nitrogens is 1. The van der Waals surface area contributed by atoms with Gasteiger partial charge in [-0.25, -0.2) is 0 Å². The van der Waals surface area contributed by atoms with Crippen LogP contribution in [0.25, 0.3) is 0 Å². The lowest BCUT2D eigenvalue weighted by Gasteiger charge is -2.12. The second-order valence-corrected chi connectivity index (χ2v) is 6.17. The van der Waals surface area contributed by atoms with Crippen molar-refractivity contribution >= 4 is 29.9 Å². The second-order valence-electron chi connectivity index (χ2n) is 6.17. The van der Waals surface area contributed by atoms with Crippen LogP contribution in [0.5, 0.6) is 0 Å². The average Bonchev–Trinajstić information content (AvgIpc) is 2.62. The van der Waals surface area contributed by atoms with Crippen molar-refractivity contribution < 1.29 is 0 Å². The topological polar surface area (TPSA) is 49.3 Å². The lowest BCUT2D eigenvalue weighted by Crippen LogP contribution is -2.37. The minimum Gasteiger partial charge on any atom is -0.356 e. The monoisotopic (exact) mass is 452 g/mol. The number of aryl methyl sites for hydroxylation is 1. The highest BCUT2D eigenvalue weighted by atomic mass is 127. The summed E-state index contributed by atoms with van der Waals surface area (Å²) in [6.45, 7) is 6.02. The zero-order chi connectivity index (χ0) is 17.2. The Morgan fingerprint density at radius 2 is 1.84 bits per heavy atom. The van der Waals surface area contributed by atoms with Crippen molar-refractivity contribution in [2.45, 2.75) is 39.2 Å². The quantitative estimate of drug-likeness (QED) is 0.288. The molecule has 25 heavy (non-hydrogen) atoms. The van der Waals surface area contributed by atoms with Gasteiger partial charge in [-0.1, -0.05) is 44.2 Å². The molecule has 0 amide bonds. The van der Waals surface area contributed by atoms with Gasteiger partial charge in [0.1, 0.15) is 0 Å². The number of halogens is 1. The molecule has 0 bridgehead atoms. The summed E-state index contributed by atoms with van der Waals surface area (Å²) in [4.78, 5) is 8.54. The molecule has 0 saturated carbocycles. The van der Waals surface area contributed by atoms with Crippen LogP contribution in [-0.2, 0) is 13.0 Å². The number of rotatable bonds is 7. The first-order valence-corrected chi connectivity index (χ1v) is 8.62. The number of hydrogen-bond acceptors (Lipinski definition) is 2. The fourth-order valence-corrected chi connectivity index (χ4v) is 2.47. The van der Waals surface area contributed by atoms with E-state index in [0.717, 1.165) is 31.0 Å². The van der Waals surface area contributed by atoms with Crippen molar-refractivity contribution in [2.24, 2.45) is 4.99 Å². The summed E-state index contributed by atoms with van der Waals surface area (Å²) in [5.74, 6) is 1.41. The Morgan fingerprint density at radius 1 is 1.08 bits per heavy atom. The number of aliphatic imine (C=N–C) groups is 1.